The molecule has 0 N–H and O–H groups in total. The monoisotopic (exact) mass is 514 g/mol. The lowest BCUT2D eigenvalue weighted by Crippen LogP contribution is -2.24. The number of halogens is 1. The summed E-state index contributed by atoms with van der Waals surface area (Å²) in [6.45, 7) is 4.43. The molecule has 0 saturated carbocycles. The first-order valence-electron chi connectivity index (χ1n) is 11.4. The highest BCUT2D eigenvalue weighted by Crippen LogP contribution is 2.55. The van der Waals surface area contributed by atoms with Crippen LogP contribution in [0.2, 0.25) is 0 Å². The number of anilines is 4. The van der Waals surface area contributed by atoms with Gasteiger partial charge in [-0.15, -0.1) is 17.0 Å². The van der Waals surface area contributed by atoms with Crippen LogP contribution in [0.15, 0.2) is 84.9 Å². The predicted molar refractivity (Wildman–Crippen MR) is 149 cm³/mol. The number of benzene rings is 4. The molecule has 4 aromatic carbocycles. The molecule has 0 aliphatic carbocycles. The molecule has 1 aliphatic heterocycles. The van der Waals surface area contributed by atoms with Gasteiger partial charge in [-0.3, -0.25) is 0 Å². The molecule has 0 radical (unpaired) electrons. The van der Waals surface area contributed by atoms with Crippen LogP contribution in [-0.4, -0.2) is 21.2 Å². The Morgan fingerprint density at radius 3 is 2.06 bits per heavy atom. The summed E-state index contributed by atoms with van der Waals surface area (Å²) in [5, 5.41) is 0. The van der Waals surface area contributed by atoms with E-state index in [0.717, 1.165) is 17.1 Å². The van der Waals surface area contributed by atoms with E-state index in [9.17, 15) is 0 Å². The quantitative estimate of drug-likeness (QED) is 0.242. The lowest BCUT2D eigenvalue weighted by atomic mass is 9.76. The van der Waals surface area contributed by atoms with Crippen molar-refractivity contribution in [2.45, 2.75) is 19.8 Å². The van der Waals surface area contributed by atoms with Gasteiger partial charge in [0.15, 0.2) is 0 Å². The summed E-state index contributed by atoms with van der Waals surface area (Å²) in [4.78, 5) is 4.54. The van der Waals surface area contributed by atoms with Crippen LogP contribution in [0.3, 0.4) is 0 Å². The van der Waals surface area contributed by atoms with Gasteiger partial charge in [0, 0.05) is 37.0 Å². The molecule has 1 atom stereocenters. The molecule has 1 heterocycles. The number of rotatable bonds is 4. The van der Waals surface area contributed by atoms with Gasteiger partial charge in [-0.25, -0.2) is 0 Å². The van der Waals surface area contributed by atoms with Gasteiger partial charge in [-0.1, -0.05) is 48.5 Å². The Hall–Kier alpha value is -3.24. The Labute approximate surface area is 213 Å². The van der Waals surface area contributed by atoms with E-state index >= 15 is 0 Å². The smallest absolute Gasteiger partial charge is 0.125 e. The summed E-state index contributed by atoms with van der Waals surface area (Å²) >= 11 is 0. The number of fused-ring (bicyclic) bond motifs is 2. The Balaban J connectivity index is 0.00000274. The molecule has 34 heavy (non-hydrogen) atoms. The molecule has 0 fully saturated rings. The average Bonchev–Trinajstić information content (AvgIpc) is 2.83. The standard InChI is InChI=1S/C30H30N2O.BrH/c1-20-11-9-12-21(2)28(20)29-24-18-17-23(31(3)4)19-26(24)32(22-13-7-6-8-14-22)25-15-10-16-27(33-5)30(25)29;/h6-19,29H,1-5H3;1H. The third-order valence-electron chi connectivity index (χ3n) is 6.72. The van der Waals surface area contributed by atoms with Crippen LogP contribution in [0.5, 0.6) is 5.75 Å². The molecule has 0 amide bonds. The van der Waals surface area contributed by atoms with E-state index in [1.165, 1.54) is 39.2 Å². The Kier molecular flexibility index (Phi) is 6.72. The van der Waals surface area contributed by atoms with Gasteiger partial charge >= 0.3 is 0 Å². The Morgan fingerprint density at radius 1 is 0.735 bits per heavy atom. The number of para-hydroxylation sites is 1. The van der Waals surface area contributed by atoms with Crippen molar-refractivity contribution in [2.24, 2.45) is 0 Å². The van der Waals surface area contributed by atoms with Gasteiger partial charge in [0.25, 0.3) is 0 Å². The second-order valence-corrected chi connectivity index (χ2v) is 8.94. The van der Waals surface area contributed by atoms with E-state index in [1.807, 2.05) is 0 Å². The lowest BCUT2D eigenvalue weighted by molar-refractivity contribution is 0.409. The first-order valence-corrected chi connectivity index (χ1v) is 11.4. The lowest BCUT2D eigenvalue weighted by Gasteiger charge is -2.40. The summed E-state index contributed by atoms with van der Waals surface area (Å²) in [6, 6.07) is 30.4. The normalized spacial score (nSPS) is 14.0. The molecular weight excluding hydrogens is 484 g/mol. The minimum absolute atomic E-state index is 0. The van der Waals surface area contributed by atoms with Crippen molar-refractivity contribution in [2.75, 3.05) is 31.0 Å². The molecule has 3 nitrogen and oxygen atoms in total. The van der Waals surface area contributed by atoms with Gasteiger partial charge in [0.05, 0.1) is 18.5 Å². The zero-order valence-corrected chi connectivity index (χ0v) is 22.1. The van der Waals surface area contributed by atoms with Crippen LogP contribution in [0.4, 0.5) is 22.7 Å². The topological polar surface area (TPSA) is 15.7 Å². The minimum atomic E-state index is 0. The van der Waals surface area contributed by atoms with Crippen molar-refractivity contribution < 1.29 is 4.74 Å². The maximum absolute atomic E-state index is 5.97. The van der Waals surface area contributed by atoms with Crippen molar-refractivity contribution in [1.29, 1.82) is 0 Å². The van der Waals surface area contributed by atoms with Crippen LogP contribution in [-0.2, 0) is 0 Å². The largest absolute Gasteiger partial charge is 0.496 e. The van der Waals surface area contributed by atoms with Crippen LogP contribution in [0.1, 0.15) is 33.7 Å². The van der Waals surface area contributed by atoms with E-state index in [1.54, 1.807) is 7.11 Å². The number of hydrogen-bond acceptors (Lipinski definition) is 3. The summed E-state index contributed by atoms with van der Waals surface area (Å²) in [6.07, 6.45) is 0. The van der Waals surface area contributed by atoms with Gasteiger partial charge < -0.3 is 14.5 Å². The van der Waals surface area contributed by atoms with Gasteiger partial charge in [0.2, 0.25) is 0 Å². The van der Waals surface area contributed by atoms with Crippen molar-refractivity contribution in [1.82, 2.24) is 0 Å². The van der Waals surface area contributed by atoms with Crippen LogP contribution >= 0.6 is 17.0 Å². The van der Waals surface area contributed by atoms with Gasteiger partial charge in [-0.2, -0.15) is 0 Å². The minimum Gasteiger partial charge on any atom is -0.496 e. The van der Waals surface area contributed by atoms with Crippen molar-refractivity contribution in [3.8, 4) is 5.75 Å². The zero-order valence-electron chi connectivity index (χ0n) is 20.4. The molecule has 4 heteroatoms. The molecule has 4 aromatic rings. The molecule has 1 aliphatic rings. The number of aryl methyl sites for hydroxylation is 2. The molecule has 0 spiro atoms. The fourth-order valence-corrected chi connectivity index (χ4v) is 5.17. The SMILES string of the molecule is Br.COc1cccc2c1C(c1c(C)cccc1C)c1ccc(N(C)C)cc1N2c1ccccc1. The van der Waals surface area contributed by atoms with E-state index in [0.29, 0.717) is 0 Å². The van der Waals surface area contributed by atoms with Crippen molar-refractivity contribution in [3.05, 3.63) is 113 Å². The highest BCUT2D eigenvalue weighted by Gasteiger charge is 2.36. The maximum atomic E-state index is 5.97. The molecule has 0 bridgehead atoms. The summed E-state index contributed by atoms with van der Waals surface area (Å²) in [5.41, 5.74) is 11.2. The second kappa shape index (κ2) is 9.55. The number of nitrogens with zero attached hydrogens (tertiary/aromatic N) is 2. The molecule has 5 rings (SSSR count). The second-order valence-electron chi connectivity index (χ2n) is 8.94. The molecule has 174 valence electrons. The fourth-order valence-electron chi connectivity index (χ4n) is 5.17. The summed E-state index contributed by atoms with van der Waals surface area (Å²) in [5.74, 6) is 1.01. The van der Waals surface area contributed by atoms with E-state index in [-0.39, 0.29) is 22.9 Å². The Bertz CT molecular complexity index is 1300. The van der Waals surface area contributed by atoms with E-state index in [4.69, 9.17) is 4.74 Å². The maximum Gasteiger partial charge on any atom is 0.125 e. The van der Waals surface area contributed by atoms with E-state index < -0.39 is 0 Å². The third kappa shape index (κ3) is 3.86. The molecule has 0 saturated heterocycles. The average molecular weight is 515 g/mol. The van der Waals surface area contributed by atoms with Crippen LogP contribution in [0, 0.1) is 13.8 Å². The highest BCUT2D eigenvalue weighted by atomic mass is 79.9. The predicted octanol–water partition coefficient (Wildman–Crippen LogP) is 7.92. The number of ether oxygens (including phenoxy) is 1. The summed E-state index contributed by atoms with van der Waals surface area (Å²) < 4.78 is 5.97. The number of methoxy groups -OCH3 is 1. The first-order chi connectivity index (χ1) is 16.0. The molecule has 0 aromatic heterocycles. The van der Waals surface area contributed by atoms with Crippen molar-refractivity contribution in [3.63, 3.8) is 0 Å². The number of hydrogen-bond donors (Lipinski definition) is 0. The highest BCUT2D eigenvalue weighted by molar-refractivity contribution is 8.93. The summed E-state index contributed by atoms with van der Waals surface area (Å²) in [7, 11) is 5.96. The van der Waals surface area contributed by atoms with Crippen molar-refractivity contribution >= 4 is 39.7 Å². The zero-order chi connectivity index (χ0) is 23.1. The fraction of sp³-hybridized carbons (Fsp3) is 0.200. The Morgan fingerprint density at radius 2 is 1.41 bits per heavy atom. The molecule has 1 unspecified atom stereocenters. The third-order valence-corrected chi connectivity index (χ3v) is 6.72. The van der Waals surface area contributed by atoms with Crippen LogP contribution < -0.4 is 14.5 Å². The van der Waals surface area contributed by atoms with Crippen LogP contribution in [0.25, 0.3) is 0 Å². The molecular formula is C30H31BrN2O. The first kappa shape index (κ1) is 23.9. The van der Waals surface area contributed by atoms with E-state index in [2.05, 4.69) is 123 Å². The van der Waals surface area contributed by atoms with Gasteiger partial charge in [0.1, 0.15) is 5.75 Å². The van der Waals surface area contributed by atoms with Gasteiger partial charge in [-0.05, 0) is 72.5 Å².